The van der Waals surface area contributed by atoms with Gasteiger partial charge in [0.2, 0.25) is 0 Å². The maximum absolute atomic E-state index is 9.62. The number of aromatic hydroxyl groups is 1. The Morgan fingerprint density at radius 1 is 1.44 bits per heavy atom. The van der Waals surface area contributed by atoms with Gasteiger partial charge in [-0.25, -0.2) is 4.98 Å². The Morgan fingerprint density at radius 3 is 3.17 bits per heavy atom. The van der Waals surface area contributed by atoms with Crippen LogP contribution in [0.15, 0.2) is 22.8 Å². The first-order valence-electron chi connectivity index (χ1n) is 6.19. The zero-order valence-electron chi connectivity index (χ0n) is 10.0. The number of aromatic nitrogens is 1. The Kier molecular flexibility index (Phi) is 2.93. The molecule has 1 saturated heterocycles. The lowest BCUT2D eigenvalue weighted by molar-refractivity contribution is 0.0662. The topological polar surface area (TPSA) is 69.7 Å². The third-order valence-electron chi connectivity index (χ3n) is 3.36. The predicted octanol–water partition coefficient (Wildman–Crippen LogP) is 1.49. The highest BCUT2D eigenvalue weighted by Crippen LogP contribution is 2.25. The number of fused-ring (bicyclic) bond motifs is 1. The van der Waals surface area contributed by atoms with E-state index in [1.165, 1.54) is 6.26 Å². The molecule has 1 atom stereocenters. The Balaban J connectivity index is 1.78. The number of hydrogen-bond donors (Lipinski definition) is 2. The molecule has 3 heterocycles. The zero-order chi connectivity index (χ0) is 12.5. The average Bonchev–Trinajstić information content (AvgIpc) is 2.71. The molecule has 1 unspecified atom stereocenters. The van der Waals surface area contributed by atoms with Gasteiger partial charge in [-0.2, -0.15) is 0 Å². The van der Waals surface area contributed by atoms with Crippen LogP contribution in [0.5, 0.6) is 5.95 Å². The zero-order valence-corrected chi connectivity index (χ0v) is 10.0. The van der Waals surface area contributed by atoms with Gasteiger partial charge in [0.15, 0.2) is 0 Å². The van der Waals surface area contributed by atoms with Gasteiger partial charge in [0.1, 0.15) is 11.8 Å². The van der Waals surface area contributed by atoms with Crippen LogP contribution < -0.4 is 0 Å². The van der Waals surface area contributed by atoms with Crippen molar-refractivity contribution in [2.75, 3.05) is 13.1 Å². The van der Waals surface area contributed by atoms with Crippen molar-refractivity contribution in [3.8, 4) is 5.95 Å². The van der Waals surface area contributed by atoms with Crippen LogP contribution in [0.4, 0.5) is 0 Å². The van der Waals surface area contributed by atoms with E-state index in [4.69, 9.17) is 4.42 Å². The molecular weight excluding hydrogens is 232 g/mol. The fourth-order valence-electron chi connectivity index (χ4n) is 2.45. The normalized spacial score (nSPS) is 21.5. The van der Waals surface area contributed by atoms with Gasteiger partial charge in [-0.05, 0) is 31.5 Å². The first-order chi connectivity index (χ1) is 8.72. The van der Waals surface area contributed by atoms with Crippen LogP contribution in [-0.2, 0) is 6.54 Å². The number of aliphatic hydroxyl groups excluding tert-OH is 1. The van der Waals surface area contributed by atoms with E-state index in [1.54, 1.807) is 0 Å². The molecule has 1 fully saturated rings. The summed E-state index contributed by atoms with van der Waals surface area (Å²) in [5.41, 5.74) is 1.60. The summed E-state index contributed by atoms with van der Waals surface area (Å²) in [4.78, 5) is 6.63. The number of hydrogen-bond acceptors (Lipinski definition) is 5. The van der Waals surface area contributed by atoms with Crippen molar-refractivity contribution < 1.29 is 14.6 Å². The van der Waals surface area contributed by atoms with Gasteiger partial charge >= 0.3 is 0 Å². The van der Waals surface area contributed by atoms with E-state index in [0.29, 0.717) is 17.4 Å². The molecule has 5 nitrogen and oxygen atoms in total. The SMILES string of the molecule is Oc1occ2nc(CN3CCCC(O)C3)ccc12. The van der Waals surface area contributed by atoms with E-state index in [2.05, 4.69) is 9.88 Å². The first kappa shape index (κ1) is 11.5. The van der Waals surface area contributed by atoms with Gasteiger partial charge in [-0.1, -0.05) is 0 Å². The fourth-order valence-corrected chi connectivity index (χ4v) is 2.45. The number of aliphatic hydroxyl groups is 1. The third kappa shape index (κ3) is 2.19. The fraction of sp³-hybridized carbons (Fsp3) is 0.462. The van der Waals surface area contributed by atoms with Crippen LogP contribution in [0.2, 0.25) is 0 Å². The van der Waals surface area contributed by atoms with Crippen molar-refractivity contribution in [1.29, 1.82) is 0 Å². The maximum Gasteiger partial charge on any atom is 0.291 e. The summed E-state index contributed by atoms with van der Waals surface area (Å²) in [7, 11) is 0. The molecule has 2 N–H and O–H groups in total. The molecule has 0 spiro atoms. The summed E-state index contributed by atoms with van der Waals surface area (Å²) in [5, 5.41) is 19.7. The monoisotopic (exact) mass is 248 g/mol. The quantitative estimate of drug-likeness (QED) is 0.842. The van der Waals surface area contributed by atoms with Gasteiger partial charge in [-0.3, -0.25) is 4.90 Å². The molecule has 0 bridgehead atoms. The van der Waals surface area contributed by atoms with E-state index in [9.17, 15) is 10.2 Å². The van der Waals surface area contributed by atoms with E-state index in [-0.39, 0.29) is 12.1 Å². The Bertz CT molecular complexity index is 552. The summed E-state index contributed by atoms with van der Waals surface area (Å²) >= 11 is 0. The van der Waals surface area contributed by atoms with E-state index >= 15 is 0 Å². The molecule has 5 heteroatoms. The van der Waals surface area contributed by atoms with Crippen molar-refractivity contribution in [3.05, 3.63) is 24.1 Å². The van der Waals surface area contributed by atoms with E-state index in [0.717, 1.165) is 31.6 Å². The van der Waals surface area contributed by atoms with Crippen LogP contribution in [0, 0.1) is 0 Å². The lowest BCUT2D eigenvalue weighted by atomic mass is 10.1. The van der Waals surface area contributed by atoms with E-state index in [1.807, 2.05) is 12.1 Å². The first-order valence-corrected chi connectivity index (χ1v) is 6.19. The summed E-state index contributed by atoms with van der Waals surface area (Å²) < 4.78 is 4.92. The Morgan fingerprint density at radius 2 is 2.33 bits per heavy atom. The molecule has 0 radical (unpaired) electrons. The molecule has 0 saturated carbocycles. The summed E-state index contributed by atoms with van der Waals surface area (Å²) in [6.07, 6.45) is 3.15. The summed E-state index contributed by atoms with van der Waals surface area (Å²) in [6, 6.07) is 3.70. The van der Waals surface area contributed by atoms with Gasteiger partial charge in [-0.15, -0.1) is 0 Å². The second-order valence-corrected chi connectivity index (χ2v) is 4.81. The summed E-state index contributed by atoms with van der Waals surface area (Å²) in [5.74, 6) is -0.0857. The molecule has 2 aromatic heterocycles. The Labute approximate surface area is 105 Å². The van der Waals surface area contributed by atoms with Crippen LogP contribution >= 0.6 is 0 Å². The van der Waals surface area contributed by atoms with Gasteiger partial charge < -0.3 is 14.6 Å². The lowest BCUT2D eigenvalue weighted by Crippen LogP contribution is -2.37. The molecule has 0 aromatic carbocycles. The summed E-state index contributed by atoms with van der Waals surface area (Å²) in [6.45, 7) is 2.42. The molecule has 0 amide bonds. The van der Waals surface area contributed by atoms with E-state index < -0.39 is 0 Å². The average molecular weight is 248 g/mol. The highest BCUT2D eigenvalue weighted by Gasteiger charge is 2.18. The van der Waals surface area contributed by atoms with Crippen molar-refractivity contribution in [2.45, 2.75) is 25.5 Å². The minimum Gasteiger partial charge on any atom is -0.480 e. The van der Waals surface area contributed by atoms with Crippen LogP contribution in [0.1, 0.15) is 18.5 Å². The van der Waals surface area contributed by atoms with Gasteiger partial charge in [0, 0.05) is 13.1 Å². The second-order valence-electron chi connectivity index (χ2n) is 4.81. The minimum atomic E-state index is -0.222. The molecule has 18 heavy (non-hydrogen) atoms. The number of β-amino-alcohol motifs (C(OH)–C–C–N with tert-alkyl or cyclic N) is 1. The molecule has 3 rings (SSSR count). The minimum absolute atomic E-state index is 0.0857. The largest absolute Gasteiger partial charge is 0.480 e. The van der Waals surface area contributed by atoms with Crippen molar-refractivity contribution >= 4 is 10.9 Å². The molecule has 2 aromatic rings. The molecular formula is C13H16N2O3. The smallest absolute Gasteiger partial charge is 0.291 e. The number of furan rings is 1. The number of nitrogens with zero attached hydrogens (tertiary/aromatic N) is 2. The van der Waals surface area contributed by atoms with Crippen molar-refractivity contribution in [3.63, 3.8) is 0 Å². The standard InChI is InChI=1S/C13H16N2O3/c16-10-2-1-5-15(7-10)6-9-3-4-11-12(14-9)8-18-13(11)17/h3-4,8,10,16-17H,1-2,5-7H2. The van der Waals surface area contributed by atoms with Gasteiger partial charge in [0.05, 0.1) is 17.2 Å². The third-order valence-corrected chi connectivity index (χ3v) is 3.36. The Hall–Kier alpha value is -1.59. The number of likely N-dealkylation sites (tertiary alicyclic amines) is 1. The maximum atomic E-state index is 9.62. The molecule has 1 aliphatic rings. The second kappa shape index (κ2) is 4.59. The number of piperidine rings is 1. The number of rotatable bonds is 2. The molecule has 96 valence electrons. The molecule has 1 aliphatic heterocycles. The number of pyridine rings is 1. The molecule has 0 aliphatic carbocycles. The predicted molar refractivity (Wildman–Crippen MR) is 66.2 cm³/mol. The highest BCUT2D eigenvalue weighted by atomic mass is 16.5. The highest BCUT2D eigenvalue weighted by molar-refractivity contribution is 5.82. The van der Waals surface area contributed by atoms with Crippen LogP contribution in [0.25, 0.3) is 10.9 Å². The van der Waals surface area contributed by atoms with Gasteiger partial charge in [0.25, 0.3) is 5.95 Å². The van der Waals surface area contributed by atoms with Crippen molar-refractivity contribution in [2.24, 2.45) is 0 Å². The lowest BCUT2D eigenvalue weighted by Gasteiger charge is -2.29. The van der Waals surface area contributed by atoms with Crippen LogP contribution in [-0.4, -0.2) is 39.3 Å². The van der Waals surface area contributed by atoms with Crippen molar-refractivity contribution in [1.82, 2.24) is 9.88 Å². The van der Waals surface area contributed by atoms with Crippen LogP contribution in [0.3, 0.4) is 0 Å².